The Kier molecular flexibility index (Phi) is 4.34. The lowest BCUT2D eigenvalue weighted by Gasteiger charge is -2.26. The lowest BCUT2D eigenvalue weighted by molar-refractivity contribution is -0.124. The molecule has 3 heteroatoms. The predicted molar refractivity (Wildman–Crippen MR) is 81.4 cm³/mol. The van der Waals surface area contributed by atoms with Gasteiger partial charge < -0.3 is 10.6 Å². The predicted octanol–water partition coefficient (Wildman–Crippen LogP) is 2.85. The molecule has 0 bridgehead atoms. The Balaban J connectivity index is 1.49. The van der Waals surface area contributed by atoms with E-state index in [0.717, 1.165) is 19.5 Å². The molecule has 1 heterocycles. The van der Waals surface area contributed by atoms with Crippen LogP contribution in [-0.4, -0.2) is 25.0 Å². The number of amides is 1. The van der Waals surface area contributed by atoms with Crippen molar-refractivity contribution < 1.29 is 4.79 Å². The summed E-state index contributed by atoms with van der Waals surface area (Å²) in [6, 6.07) is 0.375. The first-order valence-corrected chi connectivity index (χ1v) is 8.72. The summed E-state index contributed by atoms with van der Waals surface area (Å²) < 4.78 is 0. The van der Waals surface area contributed by atoms with Crippen molar-refractivity contribution >= 4 is 5.91 Å². The number of piperidine rings is 1. The van der Waals surface area contributed by atoms with Crippen molar-refractivity contribution in [3.63, 3.8) is 0 Å². The first-order chi connectivity index (χ1) is 9.71. The average molecular weight is 278 g/mol. The second-order valence-electron chi connectivity index (χ2n) is 7.42. The molecular formula is C17H30N2O. The van der Waals surface area contributed by atoms with Crippen LogP contribution in [0.4, 0.5) is 0 Å². The van der Waals surface area contributed by atoms with Crippen molar-refractivity contribution in [2.45, 2.75) is 70.8 Å². The van der Waals surface area contributed by atoms with Crippen LogP contribution in [0, 0.1) is 17.3 Å². The summed E-state index contributed by atoms with van der Waals surface area (Å²) in [7, 11) is 0. The summed E-state index contributed by atoms with van der Waals surface area (Å²) in [6.07, 6.45) is 11.6. The Morgan fingerprint density at radius 1 is 1.15 bits per heavy atom. The first kappa shape index (κ1) is 14.4. The Morgan fingerprint density at radius 3 is 2.45 bits per heavy atom. The number of rotatable bonds is 3. The van der Waals surface area contributed by atoms with E-state index in [-0.39, 0.29) is 0 Å². The first-order valence-electron chi connectivity index (χ1n) is 8.72. The number of nitrogens with one attached hydrogen (secondary N) is 2. The molecule has 3 aliphatic rings. The van der Waals surface area contributed by atoms with Crippen molar-refractivity contribution in [3.8, 4) is 0 Å². The van der Waals surface area contributed by atoms with Crippen molar-refractivity contribution in [2.24, 2.45) is 17.3 Å². The van der Waals surface area contributed by atoms with Crippen molar-refractivity contribution in [2.75, 3.05) is 13.1 Å². The van der Waals surface area contributed by atoms with E-state index in [0.29, 0.717) is 29.2 Å². The monoisotopic (exact) mass is 278 g/mol. The van der Waals surface area contributed by atoms with E-state index in [2.05, 4.69) is 17.6 Å². The molecule has 2 aliphatic carbocycles. The number of hydrogen-bond donors (Lipinski definition) is 2. The molecule has 1 amide bonds. The average Bonchev–Trinajstić information content (AvgIpc) is 3.19. The molecule has 20 heavy (non-hydrogen) atoms. The van der Waals surface area contributed by atoms with E-state index in [1.54, 1.807) is 0 Å². The molecule has 3 fully saturated rings. The van der Waals surface area contributed by atoms with E-state index < -0.39 is 0 Å². The van der Waals surface area contributed by atoms with E-state index in [1.165, 1.54) is 51.4 Å². The van der Waals surface area contributed by atoms with Crippen molar-refractivity contribution in [1.82, 2.24) is 10.6 Å². The lowest BCUT2D eigenvalue weighted by atomic mass is 9.90. The van der Waals surface area contributed by atoms with Gasteiger partial charge in [-0.1, -0.05) is 25.7 Å². The number of hydrogen-bond acceptors (Lipinski definition) is 2. The van der Waals surface area contributed by atoms with Crippen LogP contribution in [0.3, 0.4) is 0 Å². The fourth-order valence-electron chi connectivity index (χ4n) is 4.45. The summed E-state index contributed by atoms with van der Waals surface area (Å²) in [5.41, 5.74) is 0.374. The van der Waals surface area contributed by atoms with Crippen LogP contribution in [0.15, 0.2) is 0 Å². The zero-order valence-electron chi connectivity index (χ0n) is 12.9. The zero-order valence-corrected chi connectivity index (χ0v) is 12.9. The van der Waals surface area contributed by atoms with Gasteiger partial charge in [0.05, 0.1) is 0 Å². The zero-order chi connectivity index (χ0) is 14.0. The Morgan fingerprint density at radius 2 is 1.80 bits per heavy atom. The molecule has 1 spiro atoms. The minimum absolute atomic E-state index is 0.317. The minimum Gasteiger partial charge on any atom is -0.353 e. The van der Waals surface area contributed by atoms with Crippen LogP contribution in [0.1, 0.15) is 64.7 Å². The number of carbonyl (C=O) groups is 1. The molecule has 1 aliphatic heterocycles. The molecule has 2 atom stereocenters. The van der Waals surface area contributed by atoms with Gasteiger partial charge in [0.2, 0.25) is 5.91 Å². The highest BCUT2D eigenvalue weighted by atomic mass is 16.2. The molecule has 3 nitrogen and oxygen atoms in total. The number of carbonyl (C=O) groups excluding carboxylic acids is 1. The Hall–Kier alpha value is -0.570. The molecule has 3 rings (SSSR count). The summed E-state index contributed by atoms with van der Waals surface area (Å²) in [5.74, 6) is 1.38. The highest BCUT2D eigenvalue weighted by Crippen LogP contribution is 2.58. The van der Waals surface area contributed by atoms with Gasteiger partial charge in [-0.05, 0) is 63.5 Å². The topological polar surface area (TPSA) is 41.1 Å². The van der Waals surface area contributed by atoms with Gasteiger partial charge in [-0.2, -0.15) is 0 Å². The molecule has 2 saturated carbocycles. The third kappa shape index (κ3) is 3.03. The molecule has 114 valence electrons. The summed E-state index contributed by atoms with van der Waals surface area (Å²) >= 11 is 0. The second kappa shape index (κ2) is 6.05. The van der Waals surface area contributed by atoms with Crippen LogP contribution in [0.2, 0.25) is 0 Å². The van der Waals surface area contributed by atoms with E-state index in [9.17, 15) is 4.79 Å². The van der Waals surface area contributed by atoms with Gasteiger partial charge in [0, 0.05) is 12.0 Å². The van der Waals surface area contributed by atoms with Crippen LogP contribution < -0.4 is 10.6 Å². The van der Waals surface area contributed by atoms with Gasteiger partial charge in [-0.25, -0.2) is 0 Å². The largest absolute Gasteiger partial charge is 0.353 e. The highest BCUT2D eigenvalue weighted by molar-refractivity contribution is 5.82. The Bertz CT molecular complexity index is 341. The molecule has 2 N–H and O–H groups in total. The van der Waals surface area contributed by atoms with Gasteiger partial charge in [-0.15, -0.1) is 0 Å². The van der Waals surface area contributed by atoms with Gasteiger partial charge >= 0.3 is 0 Å². The van der Waals surface area contributed by atoms with Gasteiger partial charge in [-0.3, -0.25) is 4.79 Å². The van der Waals surface area contributed by atoms with Crippen LogP contribution in [0.25, 0.3) is 0 Å². The third-order valence-corrected chi connectivity index (χ3v) is 6.08. The van der Waals surface area contributed by atoms with Crippen LogP contribution in [0.5, 0.6) is 0 Å². The highest BCUT2D eigenvalue weighted by Gasteiger charge is 2.57. The van der Waals surface area contributed by atoms with E-state index >= 15 is 0 Å². The van der Waals surface area contributed by atoms with Crippen LogP contribution in [-0.2, 0) is 4.79 Å². The lowest BCUT2D eigenvalue weighted by Crippen LogP contribution is -2.40. The summed E-state index contributed by atoms with van der Waals surface area (Å²) in [6.45, 7) is 4.43. The van der Waals surface area contributed by atoms with Gasteiger partial charge in [0.15, 0.2) is 0 Å². The van der Waals surface area contributed by atoms with Crippen molar-refractivity contribution in [1.29, 1.82) is 0 Å². The maximum Gasteiger partial charge on any atom is 0.223 e. The standard InChI is InChI=1S/C17H30N2O/c1-13(14-6-4-2-3-5-7-14)19-16(20)15-12-17(15)8-10-18-11-9-17/h13-15,18H,2-12H2,1H3,(H,19,20)/t13-,15?/m0/s1. The fraction of sp³-hybridized carbons (Fsp3) is 0.941. The summed E-state index contributed by atoms with van der Waals surface area (Å²) in [5, 5.41) is 6.76. The molecule has 1 saturated heterocycles. The fourth-order valence-corrected chi connectivity index (χ4v) is 4.45. The minimum atomic E-state index is 0.317. The Labute approximate surface area is 123 Å². The third-order valence-electron chi connectivity index (χ3n) is 6.08. The molecule has 0 aromatic heterocycles. The van der Waals surface area contributed by atoms with Gasteiger partial charge in [0.1, 0.15) is 0 Å². The van der Waals surface area contributed by atoms with Crippen molar-refractivity contribution in [3.05, 3.63) is 0 Å². The molecule has 1 unspecified atom stereocenters. The normalized spacial score (nSPS) is 31.6. The quantitative estimate of drug-likeness (QED) is 0.779. The molecule has 0 aromatic carbocycles. The SMILES string of the molecule is C[C@H](NC(=O)C1CC12CCNCC2)C1CCCCCC1. The molecule has 0 radical (unpaired) electrons. The van der Waals surface area contributed by atoms with Gasteiger partial charge in [0.25, 0.3) is 0 Å². The summed E-state index contributed by atoms with van der Waals surface area (Å²) in [4.78, 5) is 12.5. The smallest absolute Gasteiger partial charge is 0.223 e. The maximum atomic E-state index is 12.5. The van der Waals surface area contributed by atoms with E-state index in [4.69, 9.17) is 0 Å². The maximum absolute atomic E-state index is 12.5. The van der Waals surface area contributed by atoms with Crippen LogP contribution >= 0.6 is 0 Å². The second-order valence-corrected chi connectivity index (χ2v) is 7.42. The van der Waals surface area contributed by atoms with E-state index in [1.807, 2.05) is 0 Å². The molecular weight excluding hydrogens is 248 g/mol. The molecule has 0 aromatic rings.